The van der Waals surface area contributed by atoms with Crippen LogP contribution in [-0.4, -0.2) is 75.5 Å². The molecule has 17 heavy (non-hydrogen) atoms. The van der Waals surface area contributed by atoms with Gasteiger partial charge in [-0.2, -0.15) is 0 Å². The van der Waals surface area contributed by atoms with Crippen LogP contribution in [0, 0.1) is 0 Å². The van der Waals surface area contributed by atoms with Crippen LogP contribution < -0.4 is 0 Å². The summed E-state index contributed by atoms with van der Waals surface area (Å²) in [5, 5.41) is 18.7. The van der Waals surface area contributed by atoms with Gasteiger partial charge >= 0.3 is 0 Å². The minimum Gasteiger partial charge on any atom is -0.394 e. The van der Waals surface area contributed by atoms with Gasteiger partial charge in [0.2, 0.25) is 0 Å². The highest BCUT2D eigenvalue weighted by Crippen LogP contribution is 2.24. The molecule has 0 bridgehead atoms. The lowest BCUT2D eigenvalue weighted by molar-refractivity contribution is -0.0822. The van der Waals surface area contributed by atoms with Crippen LogP contribution in [0.2, 0.25) is 0 Å². The molecule has 2 aliphatic heterocycles. The molecule has 7 heteroatoms. The molecule has 2 N–H and O–H groups in total. The van der Waals surface area contributed by atoms with Gasteiger partial charge in [-0.15, -0.1) is 0 Å². The maximum absolute atomic E-state index is 9.62. The fraction of sp³-hybridized carbons (Fsp3) is 1.00. The van der Waals surface area contributed by atoms with Gasteiger partial charge in [-0.1, -0.05) is 0 Å². The van der Waals surface area contributed by atoms with Gasteiger partial charge in [0, 0.05) is 12.0 Å². The van der Waals surface area contributed by atoms with Crippen molar-refractivity contribution in [1.82, 2.24) is 0 Å². The van der Waals surface area contributed by atoms with E-state index in [1.54, 1.807) is 0 Å². The fourth-order valence-electron chi connectivity index (χ4n) is 2.21. The van der Waals surface area contributed by atoms with E-state index >= 15 is 0 Å². The van der Waals surface area contributed by atoms with E-state index in [9.17, 15) is 5.11 Å². The molecule has 0 aliphatic carbocycles. The average Bonchev–Trinajstić information content (AvgIpc) is 2.78. The van der Waals surface area contributed by atoms with Crippen LogP contribution in [0.3, 0.4) is 0 Å². The predicted molar refractivity (Wildman–Crippen MR) is 60.9 cm³/mol. The molecule has 0 aromatic rings. The summed E-state index contributed by atoms with van der Waals surface area (Å²) in [7, 11) is 11.2. The smallest absolute Gasteiger partial charge is 0.109 e. The Labute approximate surface area is 103 Å². The quantitative estimate of drug-likeness (QED) is 0.571. The van der Waals surface area contributed by atoms with Crippen LogP contribution in [0.1, 0.15) is 12.8 Å². The SMILES string of the molecule is [B][C@H]1C[C@@H](O)[C@@H](CO[C@@H]2C[C@H]([B])O[C@@H]2CO)O1. The Bertz CT molecular complexity index is 255. The van der Waals surface area contributed by atoms with Crippen LogP contribution in [0.4, 0.5) is 0 Å². The normalized spacial score (nSPS) is 46.5. The second kappa shape index (κ2) is 5.71. The molecule has 2 saturated heterocycles. The van der Waals surface area contributed by atoms with E-state index in [4.69, 9.17) is 35.0 Å². The summed E-state index contributed by atoms with van der Waals surface area (Å²) >= 11 is 0. The first-order valence-electron chi connectivity index (χ1n) is 5.82. The number of aliphatic hydroxyl groups is 2. The molecule has 0 spiro atoms. The average molecular weight is 238 g/mol. The van der Waals surface area contributed by atoms with E-state index in [0.29, 0.717) is 12.8 Å². The number of rotatable bonds is 4. The van der Waals surface area contributed by atoms with Crippen molar-refractivity contribution in [3.8, 4) is 0 Å². The first-order chi connectivity index (χ1) is 8.10. The number of ether oxygens (including phenoxy) is 3. The Balaban J connectivity index is 1.78. The molecule has 2 heterocycles. The van der Waals surface area contributed by atoms with Gasteiger partial charge < -0.3 is 24.4 Å². The molecule has 0 unspecified atom stereocenters. The molecule has 0 aromatic heterocycles. The van der Waals surface area contributed by atoms with E-state index < -0.39 is 30.3 Å². The van der Waals surface area contributed by atoms with Crippen molar-refractivity contribution in [2.45, 2.75) is 49.3 Å². The van der Waals surface area contributed by atoms with Crippen molar-refractivity contribution in [1.29, 1.82) is 0 Å². The number of hydrogen-bond donors (Lipinski definition) is 2. The molecule has 0 saturated carbocycles. The van der Waals surface area contributed by atoms with Gasteiger partial charge in [-0.05, 0) is 12.8 Å². The molecule has 2 rings (SSSR count). The highest BCUT2D eigenvalue weighted by molar-refractivity contribution is 6.11. The van der Waals surface area contributed by atoms with Crippen LogP contribution in [0.25, 0.3) is 0 Å². The molecular weight excluding hydrogens is 222 g/mol. The predicted octanol–water partition coefficient (Wildman–Crippen LogP) is -1.71. The summed E-state index contributed by atoms with van der Waals surface area (Å²) in [4.78, 5) is 0. The number of hydrogen-bond acceptors (Lipinski definition) is 5. The van der Waals surface area contributed by atoms with Crippen molar-refractivity contribution in [2.75, 3.05) is 13.2 Å². The zero-order valence-corrected chi connectivity index (χ0v) is 9.57. The first-order valence-corrected chi connectivity index (χ1v) is 5.82. The van der Waals surface area contributed by atoms with Crippen LogP contribution in [0.15, 0.2) is 0 Å². The van der Waals surface area contributed by atoms with Gasteiger partial charge in [-0.25, -0.2) is 0 Å². The van der Waals surface area contributed by atoms with E-state index in [-0.39, 0.29) is 19.3 Å². The van der Waals surface area contributed by atoms with Gasteiger partial charge in [-0.3, -0.25) is 0 Å². The van der Waals surface area contributed by atoms with E-state index in [1.807, 2.05) is 0 Å². The highest BCUT2D eigenvalue weighted by Gasteiger charge is 2.36. The van der Waals surface area contributed by atoms with Gasteiger partial charge in [0.25, 0.3) is 0 Å². The second-order valence-electron chi connectivity index (χ2n) is 4.52. The van der Waals surface area contributed by atoms with Crippen LogP contribution in [0.5, 0.6) is 0 Å². The molecule has 4 radical (unpaired) electrons. The monoisotopic (exact) mass is 238 g/mol. The zero-order valence-electron chi connectivity index (χ0n) is 9.57. The standard InChI is InChI=1S/C10H16B2O5/c11-9-1-5(14)8(17-9)4-15-6-2-10(12)16-7(6)3-13/h5-10,13-14H,1-4H2/t5-,6-,7-,8-,9-,10-/m1/s1. The van der Waals surface area contributed by atoms with Gasteiger partial charge in [0.05, 0.1) is 25.4 Å². The Hall–Kier alpha value is -0.0701. The number of aliphatic hydroxyl groups excluding tert-OH is 2. The Kier molecular flexibility index (Phi) is 4.49. The topological polar surface area (TPSA) is 68.2 Å². The summed E-state index contributed by atoms with van der Waals surface area (Å²) in [6.07, 6.45) is -0.743. The van der Waals surface area contributed by atoms with Crippen molar-refractivity contribution in [3.63, 3.8) is 0 Å². The summed E-state index contributed by atoms with van der Waals surface area (Å²) in [5.74, 6) is 0. The third-order valence-electron chi connectivity index (χ3n) is 3.14. The summed E-state index contributed by atoms with van der Waals surface area (Å²) in [5.41, 5.74) is 0. The first kappa shape index (κ1) is 13.4. The summed E-state index contributed by atoms with van der Waals surface area (Å²) < 4.78 is 16.1. The van der Waals surface area contributed by atoms with Crippen LogP contribution in [-0.2, 0) is 14.2 Å². The van der Waals surface area contributed by atoms with E-state index in [2.05, 4.69) is 0 Å². The van der Waals surface area contributed by atoms with Crippen molar-refractivity contribution in [2.24, 2.45) is 0 Å². The molecule has 6 atom stereocenters. The van der Waals surface area contributed by atoms with E-state index in [1.165, 1.54) is 0 Å². The van der Waals surface area contributed by atoms with Gasteiger partial charge in [0.15, 0.2) is 0 Å². The Morgan fingerprint density at radius 1 is 1.12 bits per heavy atom. The zero-order chi connectivity index (χ0) is 12.4. The minimum atomic E-state index is -0.603. The molecular formula is C10H16B2O5. The molecule has 2 aliphatic rings. The lowest BCUT2D eigenvalue weighted by Crippen LogP contribution is -2.34. The lowest BCUT2D eigenvalue weighted by Gasteiger charge is -2.21. The molecule has 92 valence electrons. The van der Waals surface area contributed by atoms with Crippen LogP contribution >= 0.6 is 0 Å². The Morgan fingerprint density at radius 2 is 1.76 bits per heavy atom. The van der Waals surface area contributed by atoms with Crippen molar-refractivity contribution < 1.29 is 24.4 Å². The summed E-state index contributed by atoms with van der Waals surface area (Å²) in [6.45, 7) is 0.0953. The van der Waals surface area contributed by atoms with Gasteiger partial charge in [0.1, 0.15) is 27.9 Å². The maximum Gasteiger partial charge on any atom is 0.109 e. The third-order valence-corrected chi connectivity index (χ3v) is 3.14. The largest absolute Gasteiger partial charge is 0.394 e. The lowest BCUT2D eigenvalue weighted by atomic mass is 9.96. The maximum atomic E-state index is 9.62. The van der Waals surface area contributed by atoms with Crippen molar-refractivity contribution in [3.05, 3.63) is 0 Å². The molecule has 2 fully saturated rings. The third kappa shape index (κ3) is 3.23. The van der Waals surface area contributed by atoms with E-state index in [0.717, 1.165) is 0 Å². The highest BCUT2D eigenvalue weighted by atomic mass is 16.6. The molecule has 0 amide bonds. The Morgan fingerprint density at radius 3 is 2.35 bits per heavy atom. The fourth-order valence-corrected chi connectivity index (χ4v) is 2.21. The minimum absolute atomic E-state index is 0.133. The molecule has 5 nitrogen and oxygen atoms in total. The van der Waals surface area contributed by atoms with Crippen molar-refractivity contribution >= 4 is 15.7 Å². The molecule has 0 aromatic carbocycles. The second-order valence-corrected chi connectivity index (χ2v) is 4.52. The summed E-state index contributed by atoms with van der Waals surface area (Å²) in [6, 6.07) is -0.844.